The maximum Gasteiger partial charge on any atom is 0.238 e. The average Bonchev–Trinajstić information content (AvgIpc) is 3.18. The zero-order valence-corrected chi connectivity index (χ0v) is 16.6. The Morgan fingerprint density at radius 1 is 1.17 bits per heavy atom. The van der Waals surface area contributed by atoms with E-state index in [4.69, 9.17) is 23.4 Å². The maximum absolute atomic E-state index is 12.8. The smallest absolute Gasteiger partial charge is 0.238 e. The molecule has 0 bridgehead atoms. The third-order valence-electron chi connectivity index (χ3n) is 4.61. The number of hydrogen-bond acceptors (Lipinski definition) is 8. The van der Waals surface area contributed by atoms with E-state index in [1.807, 2.05) is 19.9 Å². The van der Waals surface area contributed by atoms with Crippen molar-refractivity contribution in [2.24, 2.45) is 0 Å². The highest BCUT2D eigenvalue weighted by molar-refractivity contribution is 5.93. The standard InChI is InChI=1S/C22H20O8/c1-11(2)6-7-27-16-9-13(23)17-18(24)19(25)20(30-22(17)21(16)26-3)12-4-5-14-15(8-12)29-10-28-14/h4-6,8-9,23,25H,7,10H2,1-3H3. The molecular formula is C22H20O8. The molecule has 156 valence electrons. The fourth-order valence-corrected chi connectivity index (χ4v) is 3.12. The largest absolute Gasteiger partial charge is 0.507 e. The average molecular weight is 412 g/mol. The van der Waals surface area contributed by atoms with E-state index in [1.165, 1.54) is 13.2 Å². The highest BCUT2D eigenvalue weighted by atomic mass is 16.7. The molecule has 8 nitrogen and oxygen atoms in total. The van der Waals surface area contributed by atoms with Gasteiger partial charge in [0, 0.05) is 11.6 Å². The minimum absolute atomic E-state index is 0.0415. The molecule has 0 radical (unpaired) electrons. The summed E-state index contributed by atoms with van der Waals surface area (Å²) in [6, 6.07) is 6.12. The number of ether oxygens (including phenoxy) is 4. The van der Waals surface area contributed by atoms with Crippen molar-refractivity contribution in [1.82, 2.24) is 0 Å². The molecule has 0 amide bonds. The quantitative estimate of drug-likeness (QED) is 0.607. The van der Waals surface area contributed by atoms with Crippen LogP contribution in [0.3, 0.4) is 0 Å². The lowest BCUT2D eigenvalue weighted by Gasteiger charge is -2.14. The Hall–Kier alpha value is -3.81. The zero-order chi connectivity index (χ0) is 21.4. The summed E-state index contributed by atoms with van der Waals surface area (Å²) >= 11 is 0. The van der Waals surface area contributed by atoms with E-state index < -0.39 is 11.2 Å². The minimum Gasteiger partial charge on any atom is -0.507 e. The second-order valence-corrected chi connectivity index (χ2v) is 6.90. The predicted octanol–water partition coefficient (Wildman–Crippen LogP) is 3.95. The number of phenols is 1. The first-order valence-corrected chi connectivity index (χ1v) is 9.16. The normalized spacial score (nSPS) is 12.1. The lowest BCUT2D eigenvalue weighted by Crippen LogP contribution is -2.05. The van der Waals surface area contributed by atoms with Gasteiger partial charge in [-0.3, -0.25) is 4.79 Å². The maximum atomic E-state index is 12.8. The van der Waals surface area contributed by atoms with Crippen molar-refractivity contribution in [1.29, 1.82) is 0 Å². The molecule has 0 spiro atoms. The summed E-state index contributed by atoms with van der Waals surface area (Å²) in [7, 11) is 1.40. The first kappa shape index (κ1) is 19.5. The van der Waals surface area contributed by atoms with E-state index in [0.717, 1.165) is 5.57 Å². The summed E-state index contributed by atoms with van der Waals surface area (Å²) in [5.41, 5.74) is 0.615. The summed E-state index contributed by atoms with van der Waals surface area (Å²) in [5, 5.41) is 20.7. The van der Waals surface area contributed by atoms with Crippen LogP contribution in [-0.4, -0.2) is 30.7 Å². The number of phenolic OH excluding ortho intramolecular Hbond substituents is 1. The van der Waals surface area contributed by atoms with E-state index in [-0.39, 0.29) is 47.4 Å². The molecule has 4 rings (SSSR count). The fourth-order valence-electron chi connectivity index (χ4n) is 3.12. The van der Waals surface area contributed by atoms with Crippen LogP contribution in [-0.2, 0) is 0 Å². The van der Waals surface area contributed by atoms with Crippen molar-refractivity contribution in [2.45, 2.75) is 13.8 Å². The monoisotopic (exact) mass is 412 g/mol. The van der Waals surface area contributed by atoms with Crippen LogP contribution in [0.2, 0.25) is 0 Å². The lowest BCUT2D eigenvalue weighted by molar-refractivity contribution is 0.174. The third-order valence-corrected chi connectivity index (χ3v) is 4.61. The topological polar surface area (TPSA) is 108 Å². The van der Waals surface area contributed by atoms with Gasteiger partial charge in [0.25, 0.3) is 0 Å². The highest BCUT2D eigenvalue weighted by Crippen LogP contribution is 2.44. The van der Waals surface area contributed by atoms with Gasteiger partial charge in [-0.2, -0.15) is 0 Å². The number of allylic oxidation sites excluding steroid dienone is 1. The molecule has 2 N–H and O–H groups in total. The van der Waals surface area contributed by atoms with E-state index in [0.29, 0.717) is 17.1 Å². The van der Waals surface area contributed by atoms with Gasteiger partial charge in [0.2, 0.25) is 23.7 Å². The number of methoxy groups -OCH3 is 1. The molecule has 1 aliphatic rings. The molecule has 0 aliphatic carbocycles. The van der Waals surface area contributed by atoms with E-state index in [2.05, 4.69) is 0 Å². The van der Waals surface area contributed by atoms with Gasteiger partial charge in [-0.15, -0.1) is 0 Å². The molecule has 2 heterocycles. The molecule has 1 aromatic heterocycles. The zero-order valence-electron chi connectivity index (χ0n) is 16.6. The van der Waals surface area contributed by atoms with Crippen LogP contribution in [0.1, 0.15) is 13.8 Å². The van der Waals surface area contributed by atoms with Gasteiger partial charge in [0.15, 0.2) is 28.6 Å². The van der Waals surface area contributed by atoms with Crippen LogP contribution in [0.25, 0.3) is 22.3 Å². The molecule has 1 aliphatic heterocycles. The Balaban J connectivity index is 1.92. The summed E-state index contributed by atoms with van der Waals surface area (Å²) in [6.07, 6.45) is 1.85. The Morgan fingerprint density at radius 2 is 1.93 bits per heavy atom. The second kappa shape index (κ2) is 7.55. The SMILES string of the molecule is COc1c(OCC=C(C)C)cc(O)c2c(=O)c(O)c(-c3ccc4c(c3)OCO4)oc12. The number of rotatable bonds is 5. The van der Waals surface area contributed by atoms with Gasteiger partial charge in [-0.05, 0) is 38.1 Å². The van der Waals surface area contributed by atoms with Gasteiger partial charge in [-0.25, -0.2) is 0 Å². The molecule has 0 atom stereocenters. The highest BCUT2D eigenvalue weighted by Gasteiger charge is 2.25. The molecule has 0 saturated carbocycles. The van der Waals surface area contributed by atoms with Crippen molar-refractivity contribution in [3.63, 3.8) is 0 Å². The van der Waals surface area contributed by atoms with Gasteiger partial charge in [0.05, 0.1) is 7.11 Å². The summed E-state index contributed by atoms with van der Waals surface area (Å²) in [5.74, 6) is 0.213. The van der Waals surface area contributed by atoms with E-state index in [9.17, 15) is 15.0 Å². The number of aromatic hydroxyl groups is 2. The van der Waals surface area contributed by atoms with E-state index >= 15 is 0 Å². The Kier molecular flexibility index (Phi) is 4.91. The van der Waals surface area contributed by atoms with Crippen molar-refractivity contribution >= 4 is 11.0 Å². The predicted molar refractivity (Wildman–Crippen MR) is 109 cm³/mol. The molecule has 8 heteroatoms. The molecular weight excluding hydrogens is 392 g/mol. The van der Waals surface area contributed by atoms with Crippen molar-refractivity contribution in [3.05, 3.63) is 46.1 Å². The molecule has 2 aromatic carbocycles. The van der Waals surface area contributed by atoms with Gasteiger partial charge in [-0.1, -0.05) is 5.57 Å². The van der Waals surface area contributed by atoms with Crippen LogP contribution in [0.5, 0.6) is 34.5 Å². The van der Waals surface area contributed by atoms with E-state index in [1.54, 1.807) is 18.2 Å². The molecule has 30 heavy (non-hydrogen) atoms. The third kappa shape index (κ3) is 3.26. The first-order chi connectivity index (χ1) is 14.4. The van der Waals surface area contributed by atoms with Crippen LogP contribution >= 0.6 is 0 Å². The Bertz CT molecular complexity index is 1220. The van der Waals surface area contributed by atoms with Crippen LogP contribution in [0.15, 0.2) is 45.1 Å². The van der Waals surface area contributed by atoms with Crippen LogP contribution in [0, 0.1) is 0 Å². The molecule has 0 fully saturated rings. The number of hydrogen-bond donors (Lipinski definition) is 2. The molecule has 3 aromatic rings. The van der Waals surface area contributed by atoms with Crippen molar-refractivity contribution in [2.75, 3.05) is 20.5 Å². The second-order valence-electron chi connectivity index (χ2n) is 6.90. The molecule has 0 saturated heterocycles. The summed E-state index contributed by atoms with van der Waals surface area (Å²) in [6.45, 7) is 4.18. The van der Waals surface area contributed by atoms with Crippen molar-refractivity contribution in [3.8, 4) is 45.8 Å². The summed E-state index contributed by atoms with van der Waals surface area (Å²) in [4.78, 5) is 12.8. The summed E-state index contributed by atoms with van der Waals surface area (Å²) < 4.78 is 27.6. The first-order valence-electron chi connectivity index (χ1n) is 9.16. The Labute approximate surface area is 171 Å². The minimum atomic E-state index is -0.796. The van der Waals surface area contributed by atoms with Crippen molar-refractivity contribution < 1.29 is 33.6 Å². The number of fused-ring (bicyclic) bond motifs is 2. The van der Waals surface area contributed by atoms with Gasteiger partial charge < -0.3 is 33.6 Å². The van der Waals surface area contributed by atoms with Crippen LogP contribution < -0.4 is 24.4 Å². The Morgan fingerprint density at radius 3 is 2.67 bits per heavy atom. The number of benzene rings is 2. The van der Waals surface area contributed by atoms with Gasteiger partial charge >= 0.3 is 0 Å². The van der Waals surface area contributed by atoms with Gasteiger partial charge in [0.1, 0.15) is 17.7 Å². The fraction of sp³-hybridized carbons (Fsp3) is 0.227. The lowest BCUT2D eigenvalue weighted by atomic mass is 10.1. The van der Waals surface area contributed by atoms with Crippen LogP contribution in [0.4, 0.5) is 0 Å². The molecule has 0 unspecified atom stereocenters.